The third kappa shape index (κ3) is 5.70. The summed E-state index contributed by atoms with van der Waals surface area (Å²) in [6.45, 7) is 2.75. The molecule has 2 heterocycles. The summed E-state index contributed by atoms with van der Waals surface area (Å²) >= 11 is 0. The van der Waals surface area contributed by atoms with E-state index in [1.807, 2.05) is 54.6 Å². The van der Waals surface area contributed by atoms with Crippen LogP contribution in [0.1, 0.15) is 5.69 Å². The monoisotopic (exact) mass is 421 g/mol. The molecule has 1 aromatic heterocycles. The van der Waals surface area contributed by atoms with Gasteiger partial charge in [-0.2, -0.15) is 0 Å². The molecular formula is C23H23N3O5. The van der Waals surface area contributed by atoms with Crippen molar-refractivity contribution in [2.45, 2.75) is 6.42 Å². The molecule has 1 aliphatic heterocycles. The second-order valence-electron chi connectivity index (χ2n) is 7.04. The Labute approximate surface area is 179 Å². The molecule has 8 heteroatoms. The summed E-state index contributed by atoms with van der Waals surface area (Å²) in [6, 6.07) is 16.9. The minimum absolute atomic E-state index is 0.0716. The van der Waals surface area contributed by atoms with Gasteiger partial charge in [0.05, 0.1) is 25.3 Å². The number of hydrogen-bond acceptors (Lipinski definition) is 7. The van der Waals surface area contributed by atoms with Crippen molar-refractivity contribution in [3.63, 3.8) is 0 Å². The molecule has 4 rings (SSSR count). The van der Waals surface area contributed by atoms with Gasteiger partial charge in [0.25, 0.3) is 5.91 Å². The van der Waals surface area contributed by atoms with E-state index in [1.165, 1.54) is 6.26 Å². The molecular weight excluding hydrogens is 398 g/mol. The molecule has 1 fully saturated rings. The molecule has 0 saturated carbocycles. The highest BCUT2D eigenvalue weighted by Gasteiger charge is 2.14. The zero-order valence-corrected chi connectivity index (χ0v) is 17.0. The maximum atomic E-state index is 12.1. The number of benzene rings is 2. The predicted molar refractivity (Wildman–Crippen MR) is 115 cm³/mol. The fraction of sp³-hybridized carbons (Fsp3) is 0.261. The molecule has 160 valence electrons. The first-order valence-corrected chi connectivity index (χ1v) is 10.1. The van der Waals surface area contributed by atoms with Gasteiger partial charge in [0.15, 0.2) is 6.61 Å². The first-order chi connectivity index (χ1) is 15.2. The van der Waals surface area contributed by atoms with Gasteiger partial charge in [0.2, 0.25) is 5.89 Å². The van der Waals surface area contributed by atoms with Crippen molar-refractivity contribution in [1.29, 1.82) is 0 Å². The van der Waals surface area contributed by atoms with E-state index in [0.717, 1.165) is 24.3 Å². The fourth-order valence-corrected chi connectivity index (χ4v) is 3.22. The van der Waals surface area contributed by atoms with Crippen LogP contribution in [0, 0.1) is 0 Å². The normalized spacial score (nSPS) is 13.6. The summed E-state index contributed by atoms with van der Waals surface area (Å²) < 4.78 is 15.8. The average Bonchev–Trinajstić information content (AvgIpc) is 3.28. The molecule has 1 aliphatic rings. The van der Waals surface area contributed by atoms with Crippen LogP contribution in [0.2, 0.25) is 0 Å². The highest BCUT2D eigenvalue weighted by atomic mass is 16.5. The summed E-state index contributed by atoms with van der Waals surface area (Å²) in [4.78, 5) is 30.6. The molecule has 1 saturated heterocycles. The van der Waals surface area contributed by atoms with Gasteiger partial charge in [0.1, 0.15) is 6.26 Å². The van der Waals surface area contributed by atoms with Crippen LogP contribution in [-0.4, -0.2) is 49.8 Å². The van der Waals surface area contributed by atoms with Crippen molar-refractivity contribution in [1.82, 2.24) is 4.98 Å². The number of oxazole rings is 1. The second kappa shape index (κ2) is 9.90. The molecule has 1 N–H and O–H groups in total. The SMILES string of the molecule is O=C(COC(=O)Cc1coc(-c2ccccc2)n1)Nc1ccc(N2CCOCC2)cc1. The topological polar surface area (TPSA) is 93.9 Å². The molecule has 2 aromatic carbocycles. The Hall–Kier alpha value is -3.65. The lowest BCUT2D eigenvalue weighted by atomic mass is 10.2. The lowest BCUT2D eigenvalue weighted by molar-refractivity contribution is -0.146. The van der Waals surface area contributed by atoms with Crippen LogP contribution in [0.25, 0.3) is 11.5 Å². The number of hydrogen-bond donors (Lipinski definition) is 1. The van der Waals surface area contributed by atoms with Crippen molar-refractivity contribution in [2.24, 2.45) is 0 Å². The van der Waals surface area contributed by atoms with Gasteiger partial charge in [-0.25, -0.2) is 4.98 Å². The number of esters is 1. The summed E-state index contributed by atoms with van der Waals surface area (Å²) in [5.74, 6) is -0.523. The first kappa shape index (κ1) is 20.6. The summed E-state index contributed by atoms with van der Waals surface area (Å²) in [6.07, 6.45) is 1.34. The number of rotatable bonds is 7. The molecule has 0 unspecified atom stereocenters. The molecule has 1 amide bonds. The van der Waals surface area contributed by atoms with Crippen molar-refractivity contribution in [3.05, 3.63) is 66.6 Å². The summed E-state index contributed by atoms with van der Waals surface area (Å²) in [5.41, 5.74) is 2.99. The average molecular weight is 421 g/mol. The van der Waals surface area contributed by atoms with Gasteiger partial charge in [-0.1, -0.05) is 18.2 Å². The second-order valence-corrected chi connectivity index (χ2v) is 7.04. The van der Waals surface area contributed by atoms with Crippen LogP contribution in [-0.2, 0) is 25.5 Å². The van der Waals surface area contributed by atoms with Gasteiger partial charge < -0.3 is 24.1 Å². The van der Waals surface area contributed by atoms with E-state index in [0.29, 0.717) is 30.5 Å². The van der Waals surface area contributed by atoms with Crippen LogP contribution >= 0.6 is 0 Å². The molecule has 0 spiro atoms. The third-order valence-corrected chi connectivity index (χ3v) is 4.79. The molecule has 0 atom stereocenters. The largest absolute Gasteiger partial charge is 0.455 e. The number of ether oxygens (including phenoxy) is 2. The molecule has 0 aliphatic carbocycles. The van der Waals surface area contributed by atoms with Gasteiger partial charge in [-0.15, -0.1) is 0 Å². The number of carbonyl (C=O) groups is 2. The van der Waals surface area contributed by atoms with E-state index in [2.05, 4.69) is 15.2 Å². The van der Waals surface area contributed by atoms with E-state index in [-0.39, 0.29) is 13.0 Å². The quantitative estimate of drug-likeness (QED) is 0.586. The molecule has 31 heavy (non-hydrogen) atoms. The minimum Gasteiger partial charge on any atom is -0.455 e. The predicted octanol–water partition coefficient (Wildman–Crippen LogP) is 2.90. The van der Waals surface area contributed by atoms with E-state index in [1.54, 1.807) is 0 Å². The molecule has 3 aromatic rings. The van der Waals surface area contributed by atoms with Crippen molar-refractivity contribution >= 4 is 23.3 Å². The Bertz CT molecular complexity index is 1010. The summed E-state index contributed by atoms with van der Waals surface area (Å²) in [5, 5.41) is 2.72. The zero-order chi connectivity index (χ0) is 21.5. The number of carbonyl (C=O) groups excluding carboxylic acids is 2. The fourth-order valence-electron chi connectivity index (χ4n) is 3.22. The van der Waals surface area contributed by atoms with Crippen LogP contribution in [0.5, 0.6) is 0 Å². The zero-order valence-electron chi connectivity index (χ0n) is 17.0. The molecule has 0 radical (unpaired) electrons. The maximum Gasteiger partial charge on any atom is 0.312 e. The van der Waals surface area contributed by atoms with Crippen LogP contribution in [0.15, 0.2) is 65.3 Å². The lowest BCUT2D eigenvalue weighted by Gasteiger charge is -2.28. The van der Waals surface area contributed by atoms with Crippen molar-refractivity contribution in [3.8, 4) is 11.5 Å². The smallest absolute Gasteiger partial charge is 0.312 e. The Morgan fingerprint density at radius 3 is 2.52 bits per heavy atom. The van der Waals surface area contributed by atoms with Crippen LogP contribution < -0.4 is 10.2 Å². The minimum atomic E-state index is -0.550. The summed E-state index contributed by atoms with van der Waals surface area (Å²) in [7, 11) is 0. The number of anilines is 2. The standard InChI is InChI=1S/C23H23N3O5/c27-21(24-18-6-8-20(9-7-18)26-10-12-29-13-11-26)16-30-22(28)14-19-15-31-23(25-19)17-4-2-1-3-5-17/h1-9,15H,10-14,16H2,(H,24,27). The Kier molecular flexibility index (Phi) is 6.59. The Balaban J connectivity index is 1.22. The van der Waals surface area contributed by atoms with Gasteiger partial charge in [-0.05, 0) is 36.4 Å². The number of amides is 1. The lowest BCUT2D eigenvalue weighted by Crippen LogP contribution is -2.36. The maximum absolute atomic E-state index is 12.1. The number of nitrogens with zero attached hydrogens (tertiary/aromatic N) is 2. The molecule has 0 bridgehead atoms. The van der Waals surface area contributed by atoms with E-state index < -0.39 is 11.9 Å². The van der Waals surface area contributed by atoms with E-state index in [9.17, 15) is 9.59 Å². The van der Waals surface area contributed by atoms with E-state index in [4.69, 9.17) is 13.9 Å². The Morgan fingerprint density at radius 1 is 1.03 bits per heavy atom. The van der Waals surface area contributed by atoms with Crippen LogP contribution in [0.3, 0.4) is 0 Å². The number of morpholine rings is 1. The molecule has 8 nitrogen and oxygen atoms in total. The number of aromatic nitrogens is 1. The van der Waals surface area contributed by atoms with Crippen molar-refractivity contribution in [2.75, 3.05) is 43.1 Å². The van der Waals surface area contributed by atoms with Gasteiger partial charge in [-0.3, -0.25) is 9.59 Å². The highest BCUT2D eigenvalue weighted by molar-refractivity contribution is 5.93. The van der Waals surface area contributed by atoms with Crippen LogP contribution in [0.4, 0.5) is 11.4 Å². The third-order valence-electron chi connectivity index (χ3n) is 4.79. The van der Waals surface area contributed by atoms with Crippen molar-refractivity contribution < 1.29 is 23.5 Å². The highest BCUT2D eigenvalue weighted by Crippen LogP contribution is 2.20. The first-order valence-electron chi connectivity index (χ1n) is 10.1. The van der Waals surface area contributed by atoms with Gasteiger partial charge >= 0.3 is 5.97 Å². The number of nitrogens with one attached hydrogen (secondary N) is 1. The van der Waals surface area contributed by atoms with Gasteiger partial charge in [0, 0.05) is 30.0 Å². The van der Waals surface area contributed by atoms with E-state index >= 15 is 0 Å². The Morgan fingerprint density at radius 2 is 1.77 bits per heavy atom.